The monoisotopic (exact) mass is 272 g/mol. The highest BCUT2D eigenvalue weighted by molar-refractivity contribution is 7.89. The molecule has 0 amide bonds. The molecule has 0 spiro atoms. The molecule has 102 valence electrons. The Morgan fingerprint density at radius 1 is 1.39 bits per heavy atom. The first kappa shape index (κ1) is 13.4. The standard InChI is InChI=1S/C11H20N4O2S/c1-8-3-2-4-9(6-5-8)15-18(16,17)10-7-13-14-11(10)12/h7-9,15H,2-6H2,1H3,(H3,12,13,14). The van der Waals surface area contributed by atoms with Gasteiger partial charge in [-0.25, -0.2) is 13.1 Å². The van der Waals surface area contributed by atoms with Crippen molar-refractivity contribution in [2.75, 3.05) is 5.73 Å². The minimum Gasteiger partial charge on any atom is -0.383 e. The predicted octanol–water partition coefficient (Wildman–Crippen LogP) is 1.24. The van der Waals surface area contributed by atoms with Crippen molar-refractivity contribution < 1.29 is 8.42 Å². The maximum atomic E-state index is 12.1. The van der Waals surface area contributed by atoms with Crippen LogP contribution in [0.2, 0.25) is 0 Å². The number of nitrogens with one attached hydrogen (secondary N) is 2. The lowest BCUT2D eigenvalue weighted by Crippen LogP contribution is -2.34. The van der Waals surface area contributed by atoms with Crippen LogP contribution in [0.25, 0.3) is 0 Å². The zero-order valence-electron chi connectivity index (χ0n) is 10.5. The SMILES string of the molecule is CC1CCCC(NS(=O)(=O)c2cn[nH]c2N)CC1. The van der Waals surface area contributed by atoms with Gasteiger partial charge in [-0.2, -0.15) is 5.10 Å². The Bertz CT molecular complexity index is 497. The van der Waals surface area contributed by atoms with Crippen molar-refractivity contribution in [2.24, 2.45) is 5.92 Å². The van der Waals surface area contributed by atoms with E-state index in [1.807, 2.05) is 0 Å². The molecule has 0 saturated heterocycles. The van der Waals surface area contributed by atoms with Crippen molar-refractivity contribution in [3.63, 3.8) is 0 Å². The maximum Gasteiger partial charge on any atom is 0.246 e. The molecule has 2 rings (SSSR count). The topological polar surface area (TPSA) is 101 Å². The van der Waals surface area contributed by atoms with Crippen molar-refractivity contribution in [3.05, 3.63) is 6.20 Å². The van der Waals surface area contributed by atoms with Crippen molar-refractivity contribution in [1.82, 2.24) is 14.9 Å². The molecule has 2 atom stereocenters. The Hall–Kier alpha value is -1.08. The molecule has 1 heterocycles. The summed E-state index contributed by atoms with van der Waals surface area (Å²) >= 11 is 0. The number of anilines is 1. The van der Waals surface area contributed by atoms with Crippen molar-refractivity contribution in [2.45, 2.75) is 50.0 Å². The lowest BCUT2D eigenvalue weighted by atomic mass is 10.0. The van der Waals surface area contributed by atoms with Gasteiger partial charge >= 0.3 is 0 Å². The summed E-state index contributed by atoms with van der Waals surface area (Å²) in [5.41, 5.74) is 5.55. The molecule has 1 aliphatic rings. The summed E-state index contributed by atoms with van der Waals surface area (Å²) < 4.78 is 27.0. The molecular weight excluding hydrogens is 252 g/mol. The van der Waals surface area contributed by atoms with Crippen molar-refractivity contribution in [3.8, 4) is 0 Å². The second-order valence-electron chi connectivity index (χ2n) is 5.08. The van der Waals surface area contributed by atoms with Crippen LogP contribution in [0.3, 0.4) is 0 Å². The van der Waals surface area contributed by atoms with E-state index in [-0.39, 0.29) is 16.8 Å². The van der Waals surface area contributed by atoms with E-state index in [1.54, 1.807) is 0 Å². The molecular formula is C11H20N4O2S. The van der Waals surface area contributed by atoms with Gasteiger partial charge < -0.3 is 5.73 Å². The Morgan fingerprint density at radius 2 is 2.17 bits per heavy atom. The zero-order valence-corrected chi connectivity index (χ0v) is 11.3. The average molecular weight is 272 g/mol. The minimum absolute atomic E-state index is 0.00856. The molecule has 4 N–H and O–H groups in total. The maximum absolute atomic E-state index is 12.1. The van der Waals surface area contributed by atoms with E-state index in [0.29, 0.717) is 5.92 Å². The Kier molecular flexibility index (Phi) is 3.91. The van der Waals surface area contributed by atoms with Crippen LogP contribution >= 0.6 is 0 Å². The fraction of sp³-hybridized carbons (Fsp3) is 0.727. The fourth-order valence-corrected chi connectivity index (χ4v) is 3.72. The smallest absolute Gasteiger partial charge is 0.246 e. The third-order valence-electron chi connectivity index (χ3n) is 3.50. The number of nitrogen functional groups attached to an aromatic ring is 1. The summed E-state index contributed by atoms with van der Waals surface area (Å²) in [7, 11) is -3.55. The van der Waals surface area contributed by atoms with Gasteiger partial charge in [-0.15, -0.1) is 0 Å². The summed E-state index contributed by atoms with van der Waals surface area (Å²) in [6.07, 6.45) is 6.33. The molecule has 0 aliphatic heterocycles. The van der Waals surface area contributed by atoms with E-state index in [4.69, 9.17) is 5.73 Å². The van der Waals surface area contributed by atoms with Crippen molar-refractivity contribution in [1.29, 1.82) is 0 Å². The van der Waals surface area contributed by atoms with E-state index in [9.17, 15) is 8.42 Å². The molecule has 1 fully saturated rings. The van der Waals surface area contributed by atoms with Crippen LogP contribution in [0.4, 0.5) is 5.82 Å². The lowest BCUT2D eigenvalue weighted by molar-refractivity contribution is 0.484. The lowest BCUT2D eigenvalue weighted by Gasteiger charge is -2.16. The highest BCUT2D eigenvalue weighted by Gasteiger charge is 2.25. The van der Waals surface area contributed by atoms with Crippen molar-refractivity contribution >= 4 is 15.8 Å². The van der Waals surface area contributed by atoms with Gasteiger partial charge in [0.15, 0.2) is 0 Å². The van der Waals surface area contributed by atoms with E-state index >= 15 is 0 Å². The van der Waals surface area contributed by atoms with E-state index < -0.39 is 10.0 Å². The summed E-state index contributed by atoms with van der Waals surface area (Å²) in [5, 5.41) is 6.08. The number of aromatic amines is 1. The highest BCUT2D eigenvalue weighted by atomic mass is 32.2. The molecule has 0 bridgehead atoms. The summed E-state index contributed by atoms with van der Waals surface area (Å²) in [5.74, 6) is 0.767. The highest BCUT2D eigenvalue weighted by Crippen LogP contribution is 2.24. The molecule has 0 radical (unpaired) electrons. The van der Waals surface area contributed by atoms with Gasteiger partial charge in [0.1, 0.15) is 10.7 Å². The molecule has 1 aromatic heterocycles. The number of hydrogen-bond donors (Lipinski definition) is 3. The summed E-state index contributed by atoms with van der Waals surface area (Å²) in [6, 6.07) is 0.00856. The van der Waals surface area contributed by atoms with Gasteiger partial charge in [0.05, 0.1) is 6.20 Å². The fourth-order valence-electron chi connectivity index (χ4n) is 2.39. The van der Waals surface area contributed by atoms with Crippen LogP contribution < -0.4 is 10.5 Å². The molecule has 2 unspecified atom stereocenters. The molecule has 1 aliphatic carbocycles. The summed E-state index contributed by atoms with van der Waals surface area (Å²) in [6.45, 7) is 2.21. The van der Waals surface area contributed by atoms with E-state index in [0.717, 1.165) is 25.7 Å². The van der Waals surface area contributed by atoms with Crippen LogP contribution in [0.1, 0.15) is 39.0 Å². The Morgan fingerprint density at radius 3 is 2.83 bits per heavy atom. The number of aromatic nitrogens is 2. The molecule has 7 heteroatoms. The van der Waals surface area contributed by atoms with Crippen LogP contribution in [0.15, 0.2) is 11.1 Å². The van der Waals surface area contributed by atoms with Gasteiger partial charge in [0, 0.05) is 6.04 Å². The van der Waals surface area contributed by atoms with Crippen LogP contribution in [0.5, 0.6) is 0 Å². The zero-order chi connectivity index (χ0) is 13.2. The summed E-state index contributed by atoms with van der Waals surface area (Å²) in [4.78, 5) is 0.0415. The molecule has 1 saturated carbocycles. The second kappa shape index (κ2) is 5.27. The third kappa shape index (κ3) is 3.02. The van der Waals surface area contributed by atoms with Gasteiger partial charge in [0.2, 0.25) is 10.0 Å². The van der Waals surface area contributed by atoms with Gasteiger partial charge in [0.25, 0.3) is 0 Å². The number of H-pyrrole nitrogens is 1. The van der Waals surface area contributed by atoms with Gasteiger partial charge in [-0.3, -0.25) is 5.10 Å². The molecule has 6 nitrogen and oxygen atoms in total. The van der Waals surface area contributed by atoms with Gasteiger partial charge in [-0.1, -0.05) is 19.8 Å². The van der Waals surface area contributed by atoms with Crippen LogP contribution in [0, 0.1) is 5.92 Å². The number of rotatable bonds is 3. The third-order valence-corrected chi connectivity index (χ3v) is 5.05. The van der Waals surface area contributed by atoms with Crippen LogP contribution in [-0.2, 0) is 10.0 Å². The Balaban J connectivity index is 2.07. The van der Waals surface area contributed by atoms with Gasteiger partial charge in [-0.05, 0) is 25.2 Å². The second-order valence-corrected chi connectivity index (χ2v) is 6.76. The molecule has 18 heavy (non-hydrogen) atoms. The van der Waals surface area contributed by atoms with E-state index in [1.165, 1.54) is 12.6 Å². The first-order valence-electron chi connectivity index (χ1n) is 6.30. The number of sulfonamides is 1. The minimum atomic E-state index is -3.55. The predicted molar refractivity (Wildman–Crippen MR) is 69.4 cm³/mol. The largest absolute Gasteiger partial charge is 0.383 e. The normalized spacial score (nSPS) is 25.8. The van der Waals surface area contributed by atoms with E-state index in [2.05, 4.69) is 21.8 Å². The average Bonchev–Trinajstić information content (AvgIpc) is 2.63. The first-order chi connectivity index (χ1) is 8.49. The Labute approximate surface area is 107 Å². The first-order valence-corrected chi connectivity index (χ1v) is 7.78. The van der Waals surface area contributed by atoms with Crippen LogP contribution in [-0.4, -0.2) is 24.7 Å². The molecule has 1 aromatic rings. The number of hydrogen-bond acceptors (Lipinski definition) is 4. The quantitative estimate of drug-likeness (QED) is 0.720. The molecule has 0 aromatic carbocycles. The number of nitrogens with two attached hydrogens (primary N) is 1. The number of nitrogens with zero attached hydrogens (tertiary/aromatic N) is 1.